The highest BCUT2D eigenvalue weighted by Gasteiger charge is 2.01. The lowest BCUT2D eigenvalue weighted by Crippen LogP contribution is -2.30. The van der Waals surface area contributed by atoms with Gasteiger partial charge in [-0.15, -0.1) is 0 Å². The molecule has 0 spiro atoms. The van der Waals surface area contributed by atoms with Crippen molar-refractivity contribution in [1.82, 2.24) is 10.7 Å². The van der Waals surface area contributed by atoms with Gasteiger partial charge in [0, 0.05) is 6.54 Å². The molecular weight excluding hydrogens is 247 g/mol. The van der Waals surface area contributed by atoms with Crippen LogP contribution in [0.15, 0.2) is 28.3 Å². The van der Waals surface area contributed by atoms with Gasteiger partial charge in [0.25, 0.3) is 0 Å². The van der Waals surface area contributed by atoms with E-state index in [-0.39, 0.29) is 0 Å². The fraction of sp³-hybridized carbons (Fsp3) is 0.200. The summed E-state index contributed by atoms with van der Waals surface area (Å²) >= 11 is 11.7. The fourth-order valence-electron chi connectivity index (χ4n) is 1.23. The van der Waals surface area contributed by atoms with E-state index in [4.69, 9.17) is 23.2 Å². The van der Waals surface area contributed by atoms with Crippen molar-refractivity contribution in [2.24, 2.45) is 10.1 Å². The lowest BCUT2D eigenvalue weighted by atomic mass is 10.2. The summed E-state index contributed by atoms with van der Waals surface area (Å²) in [6.07, 6.45) is 1.66. The molecule has 0 aliphatic carbocycles. The van der Waals surface area contributed by atoms with Gasteiger partial charge in [0.2, 0.25) is 5.96 Å². The Morgan fingerprint density at radius 1 is 1.38 bits per heavy atom. The third-order valence-electron chi connectivity index (χ3n) is 2.00. The van der Waals surface area contributed by atoms with Gasteiger partial charge in [0.1, 0.15) is 0 Å². The molecule has 2 rings (SSSR count). The maximum atomic E-state index is 5.87. The van der Waals surface area contributed by atoms with E-state index in [1.54, 1.807) is 18.3 Å². The van der Waals surface area contributed by atoms with Crippen molar-refractivity contribution in [3.05, 3.63) is 33.8 Å². The average molecular weight is 257 g/mol. The molecule has 1 aliphatic rings. The molecule has 16 heavy (non-hydrogen) atoms. The molecule has 84 valence electrons. The predicted octanol–water partition coefficient (Wildman–Crippen LogP) is 1.88. The highest BCUT2D eigenvalue weighted by molar-refractivity contribution is 6.42. The van der Waals surface area contributed by atoms with Crippen molar-refractivity contribution in [3.8, 4) is 0 Å². The second-order valence-corrected chi connectivity index (χ2v) is 4.02. The van der Waals surface area contributed by atoms with Crippen molar-refractivity contribution in [1.29, 1.82) is 0 Å². The molecular formula is C10H10Cl2N4. The van der Waals surface area contributed by atoms with Crippen molar-refractivity contribution in [2.75, 3.05) is 13.1 Å². The number of nitrogens with one attached hydrogen (secondary N) is 2. The number of rotatable bonds is 2. The van der Waals surface area contributed by atoms with Gasteiger partial charge in [-0.05, 0) is 17.7 Å². The van der Waals surface area contributed by atoms with E-state index in [1.165, 1.54) is 0 Å². The van der Waals surface area contributed by atoms with Crippen LogP contribution in [-0.4, -0.2) is 25.3 Å². The first-order valence-corrected chi connectivity index (χ1v) is 5.54. The third kappa shape index (κ3) is 2.87. The number of hydrogen-bond donors (Lipinski definition) is 2. The first kappa shape index (κ1) is 11.2. The monoisotopic (exact) mass is 256 g/mol. The minimum atomic E-state index is 0.516. The first-order chi connectivity index (χ1) is 7.75. The molecule has 1 aromatic rings. The summed E-state index contributed by atoms with van der Waals surface area (Å²) in [6.45, 7) is 1.63. The zero-order chi connectivity index (χ0) is 11.4. The van der Waals surface area contributed by atoms with E-state index in [9.17, 15) is 0 Å². The summed E-state index contributed by atoms with van der Waals surface area (Å²) in [7, 11) is 0. The van der Waals surface area contributed by atoms with Crippen molar-refractivity contribution < 1.29 is 0 Å². The molecule has 0 saturated carbocycles. The maximum Gasteiger partial charge on any atom is 0.212 e. The number of halogens is 2. The number of hydrogen-bond acceptors (Lipinski definition) is 4. The molecule has 0 bridgehead atoms. The van der Waals surface area contributed by atoms with Gasteiger partial charge in [-0.3, -0.25) is 0 Å². The maximum absolute atomic E-state index is 5.87. The Labute approximate surface area is 103 Å². The molecule has 0 aromatic heterocycles. The molecule has 0 unspecified atom stereocenters. The van der Waals surface area contributed by atoms with Crippen LogP contribution in [0.25, 0.3) is 0 Å². The lowest BCUT2D eigenvalue weighted by Gasteiger charge is -2.00. The molecule has 0 saturated heterocycles. The number of hydrazone groups is 1. The van der Waals surface area contributed by atoms with Crippen molar-refractivity contribution in [3.63, 3.8) is 0 Å². The van der Waals surface area contributed by atoms with E-state index < -0.39 is 0 Å². The molecule has 0 radical (unpaired) electrons. The zero-order valence-corrected chi connectivity index (χ0v) is 9.89. The Balaban J connectivity index is 1.97. The summed E-state index contributed by atoms with van der Waals surface area (Å²) in [5, 5.41) is 8.12. The highest BCUT2D eigenvalue weighted by Crippen LogP contribution is 2.21. The van der Waals surface area contributed by atoms with Crippen LogP contribution in [0.5, 0.6) is 0 Å². The van der Waals surface area contributed by atoms with Gasteiger partial charge in [-0.1, -0.05) is 29.3 Å². The van der Waals surface area contributed by atoms with E-state index in [1.807, 2.05) is 6.07 Å². The molecule has 1 aliphatic heterocycles. The van der Waals surface area contributed by atoms with Crippen LogP contribution in [0.1, 0.15) is 5.56 Å². The van der Waals surface area contributed by atoms with Gasteiger partial charge in [0.05, 0.1) is 22.8 Å². The van der Waals surface area contributed by atoms with E-state index in [0.717, 1.165) is 18.7 Å². The minimum absolute atomic E-state index is 0.516. The summed E-state index contributed by atoms with van der Waals surface area (Å²) in [4.78, 5) is 4.13. The Morgan fingerprint density at radius 2 is 2.25 bits per heavy atom. The molecule has 1 heterocycles. The SMILES string of the molecule is Clc1ccc(C=NNC2=NCCN2)cc1Cl. The van der Waals surface area contributed by atoms with Crippen LogP contribution >= 0.6 is 23.2 Å². The second-order valence-electron chi connectivity index (χ2n) is 3.20. The quantitative estimate of drug-likeness (QED) is 0.627. The molecule has 2 N–H and O–H groups in total. The Bertz CT molecular complexity index is 442. The van der Waals surface area contributed by atoms with Crippen LogP contribution < -0.4 is 10.7 Å². The lowest BCUT2D eigenvalue weighted by molar-refractivity contribution is 0.920. The molecule has 0 fully saturated rings. The Kier molecular flexibility index (Phi) is 3.64. The Hall–Kier alpha value is -1.26. The molecule has 1 aromatic carbocycles. The van der Waals surface area contributed by atoms with Crippen LogP contribution in [0.2, 0.25) is 10.0 Å². The number of benzene rings is 1. The summed E-state index contributed by atoms with van der Waals surface area (Å²) in [5.41, 5.74) is 3.67. The van der Waals surface area contributed by atoms with Gasteiger partial charge < -0.3 is 5.32 Å². The largest absolute Gasteiger partial charge is 0.353 e. The highest BCUT2D eigenvalue weighted by atomic mass is 35.5. The van der Waals surface area contributed by atoms with Crippen LogP contribution in [-0.2, 0) is 0 Å². The molecule has 0 amide bonds. The van der Waals surface area contributed by atoms with Crippen molar-refractivity contribution in [2.45, 2.75) is 0 Å². The molecule has 0 atom stereocenters. The Morgan fingerprint density at radius 3 is 2.94 bits per heavy atom. The van der Waals surface area contributed by atoms with Crippen LogP contribution in [0.3, 0.4) is 0 Å². The topological polar surface area (TPSA) is 48.8 Å². The third-order valence-corrected chi connectivity index (χ3v) is 2.74. The van der Waals surface area contributed by atoms with E-state index >= 15 is 0 Å². The average Bonchev–Trinajstić information content (AvgIpc) is 2.76. The molecule has 6 heteroatoms. The normalized spacial score (nSPS) is 15.0. The van der Waals surface area contributed by atoms with Gasteiger partial charge in [-0.25, -0.2) is 10.4 Å². The van der Waals surface area contributed by atoms with Gasteiger partial charge in [0.15, 0.2) is 0 Å². The van der Waals surface area contributed by atoms with Gasteiger partial charge in [-0.2, -0.15) is 5.10 Å². The van der Waals surface area contributed by atoms with E-state index in [2.05, 4.69) is 20.8 Å². The zero-order valence-electron chi connectivity index (χ0n) is 8.37. The predicted molar refractivity (Wildman–Crippen MR) is 67.5 cm³/mol. The summed E-state index contributed by atoms with van der Waals surface area (Å²) in [6, 6.07) is 5.32. The number of guanidine groups is 1. The minimum Gasteiger partial charge on any atom is -0.353 e. The standard InChI is InChI=1S/C10H10Cl2N4/c11-8-2-1-7(5-9(8)12)6-15-16-10-13-3-4-14-10/h1-2,5-6H,3-4H2,(H2,13,14,16). The van der Waals surface area contributed by atoms with E-state index in [0.29, 0.717) is 16.0 Å². The summed E-state index contributed by atoms with van der Waals surface area (Å²) < 4.78 is 0. The number of nitrogens with zero attached hydrogens (tertiary/aromatic N) is 2. The summed E-state index contributed by atoms with van der Waals surface area (Å²) in [5.74, 6) is 0.691. The molecule has 4 nitrogen and oxygen atoms in total. The fourth-order valence-corrected chi connectivity index (χ4v) is 1.54. The van der Waals surface area contributed by atoms with Crippen molar-refractivity contribution >= 4 is 35.4 Å². The van der Waals surface area contributed by atoms with Crippen LogP contribution in [0, 0.1) is 0 Å². The number of aliphatic imine (C=N–C) groups is 1. The van der Waals surface area contributed by atoms with Crippen LogP contribution in [0.4, 0.5) is 0 Å². The smallest absolute Gasteiger partial charge is 0.212 e. The second kappa shape index (κ2) is 5.18. The first-order valence-electron chi connectivity index (χ1n) is 4.78. The van der Waals surface area contributed by atoms with Gasteiger partial charge >= 0.3 is 0 Å².